The predicted octanol–water partition coefficient (Wildman–Crippen LogP) is 2.13. The number of amides is 1. The van der Waals surface area contributed by atoms with Gasteiger partial charge < -0.3 is 10.6 Å². The lowest BCUT2D eigenvalue weighted by atomic mass is 10.1. The van der Waals surface area contributed by atoms with Crippen molar-refractivity contribution < 1.29 is 18.0 Å². The standard InChI is InChI=1S/C13H15F3N2O/c14-13(15,16)11-4-2-1-3-10(11)12(19)18-6-5-9(7-17)8-18/h1-4,9H,5-8,17H2/t9-/m0/s1. The van der Waals surface area contributed by atoms with Crippen molar-refractivity contribution in [3.05, 3.63) is 35.4 Å². The molecule has 2 rings (SSSR count). The van der Waals surface area contributed by atoms with Crippen molar-refractivity contribution in [3.63, 3.8) is 0 Å². The van der Waals surface area contributed by atoms with Crippen LogP contribution in [-0.4, -0.2) is 30.4 Å². The molecule has 1 heterocycles. The van der Waals surface area contributed by atoms with Crippen molar-refractivity contribution >= 4 is 5.91 Å². The zero-order chi connectivity index (χ0) is 14.0. The summed E-state index contributed by atoms with van der Waals surface area (Å²) >= 11 is 0. The normalized spacial score (nSPS) is 19.8. The molecular formula is C13H15F3N2O. The van der Waals surface area contributed by atoms with Crippen LogP contribution in [0.3, 0.4) is 0 Å². The number of benzene rings is 1. The van der Waals surface area contributed by atoms with Crippen LogP contribution in [0.1, 0.15) is 22.3 Å². The van der Waals surface area contributed by atoms with Crippen LogP contribution in [0.25, 0.3) is 0 Å². The molecule has 1 aromatic rings. The summed E-state index contributed by atoms with van der Waals surface area (Å²) in [6, 6.07) is 4.88. The van der Waals surface area contributed by atoms with Gasteiger partial charge in [0.15, 0.2) is 0 Å². The number of alkyl halides is 3. The molecule has 1 aliphatic heterocycles. The zero-order valence-electron chi connectivity index (χ0n) is 10.3. The van der Waals surface area contributed by atoms with E-state index in [4.69, 9.17) is 5.73 Å². The first kappa shape index (κ1) is 13.9. The van der Waals surface area contributed by atoms with Gasteiger partial charge in [-0.25, -0.2) is 0 Å². The molecule has 1 aliphatic rings. The van der Waals surface area contributed by atoms with Gasteiger partial charge in [0.25, 0.3) is 5.91 Å². The monoisotopic (exact) mass is 272 g/mol. The number of likely N-dealkylation sites (tertiary alicyclic amines) is 1. The van der Waals surface area contributed by atoms with Crippen LogP contribution in [0.5, 0.6) is 0 Å². The van der Waals surface area contributed by atoms with E-state index in [2.05, 4.69) is 0 Å². The number of rotatable bonds is 2. The quantitative estimate of drug-likeness (QED) is 0.896. The highest BCUT2D eigenvalue weighted by Crippen LogP contribution is 2.33. The van der Waals surface area contributed by atoms with Gasteiger partial charge >= 0.3 is 6.18 Å². The SMILES string of the molecule is NC[C@@H]1CCN(C(=O)c2ccccc2C(F)(F)F)C1. The summed E-state index contributed by atoms with van der Waals surface area (Å²) in [5.74, 6) is -0.383. The lowest BCUT2D eigenvalue weighted by Crippen LogP contribution is -2.31. The molecule has 104 valence electrons. The van der Waals surface area contributed by atoms with E-state index < -0.39 is 17.6 Å². The fraction of sp³-hybridized carbons (Fsp3) is 0.462. The molecule has 0 bridgehead atoms. The number of nitrogens with zero attached hydrogens (tertiary/aromatic N) is 1. The van der Waals surface area contributed by atoms with Crippen LogP contribution in [0.15, 0.2) is 24.3 Å². The molecule has 1 amide bonds. The lowest BCUT2D eigenvalue weighted by molar-refractivity contribution is -0.138. The third-order valence-corrected chi connectivity index (χ3v) is 3.37. The van der Waals surface area contributed by atoms with Crippen molar-refractivity contribution in [3.8, 4) is 0 Å². The molecule has 1 fully saturated rings. The van der Waals surface area contributed by atoms with E-state index in [9.17, 15) is 18.0 Å². The summed E-state index contributed by atoms with van der Waals surface area (Å²) < 4.78 is 38.5. The zero-order valence-corrected chi connectivity index (χ0v) is 10.3. The maximum atomic E-state index is 12.8. The van der Waals surface area contributed by atoms with E-state index in [-0.39, 0.29) is 11.5 Å². The minimum absolute atomic E-state index is 0.182. The molecule has 0 aromatic heterocycles. The summed E-state index contributed by atoms with van der Waals surface area (Å²) in [5.41, 5.74) is 4.35. The first-order valence-electron chi connectivity index (χ1n) is 6.09. The molecular weight excluding hydrogens is 257 g/mol. The topological polar surface area (TPSA) is 46.3 Å². The molecule has 0 radical (unpaired) electrons. The Morgan fingerprint density at radius 3 is 2.63 bits per heavy atom. The van der Waals surface area contributed by atoms with Gasteiger partial charge in [-0.3, -0.25) is 4.79 Å². The largest absolute Gasteiger partial charge is 0.417 e. The Morgan fingerprint density at radius 1 is 1.37 bits per heavy atom. The number of nitrogens with two attached hydrogens (primary N) is 1. The van der Waals surface area contributed by atoms with Crippen molar-refractivity contribution in [1.29, 1.82) is 0 Å². The number of carbonyl (C=O) groups is 1. The second kappa shape index (κ2) is 5.21. The van der Waals surface area contributed by atoms with E-state index in [0.717, 1.165) is 12.5 Å². The molecule has 0 aliphatic carbocycles. The third-order valence-electron chi connectivity index (χ3n) is 3.37. The molecule has 1 saturated heterocycles. The molecule has 0 unspecified atom stereocenters. The van der Waals surface area contributed by atoms with Crippen LogP contribution in [-0.2, 0) is 6.18 Å². The van der Waals surface area contributed by atoms with Crippen LogP contribution >= 0.6 is 0 Å². The van der Waals surface area contributed by atoms with Crippen molar-refractivity contribution in [2.45, 2.75) is 12.6 Å². The third kappa shape index (κ3) is 2.89. The molecule has 19 heavy (non-hydrogen) atoms. The van der Waals surface area contributed by atoms with E-state index in [1.807, 2.05) is 0 Å². The molecule has 2 N–H and O–H groups in total. The van der Waals surface area contributed by atoms with E-state index in [1.165, 1.54) is 23.1 Å². The van der Waals surface area contributed by atoms with E-state index >= 15 is 0 Å². The maximum Gasteiger partial charge on any atom is 0.417 e. The summed E-state index contributed by atoms with van der Waals surface area (Å²) in [7, 11) is 0. The van der Waals surface area contributed by atoms with Gasteiger partial charge in [-0.15, -0.1) is 0 Å². The summed E-state index contributed by atoms with van der Waals surface area (Å²) in [6.07, 6.45) is -3.77. The number of halogens is 3. The molecule has 3 nitrogen and oxygen atoms in total. The summed E-state index contributed by atoms with van der Waals surface area (Å²) in [4.78, 5) is 13.6. The van der Waals surface area contributed by atoms with Crippen LogP contribution < -0.4 is 5.73 Å². The van der Waals surface area contributed by atoms with Gasteiger partial charge in [0.2, 0.25) is 0 Å². The summed E-state index contributed by atoms with van der Waals surface area (Å²) in [6.45, 7) is 1.35. The smallest absolute Gasteiger partial charge is 0.338 e. The van der Waals surface area contributed by atoms with Gasteiger partial charge in [0, 0.05) is 13.1 Å². The van der Waals surface area contributed by atoms with Crippen molar-refractivity contribution in [2.24, 2.45) is 11.7 Å². The molecule has 6 heteroatoms. The Morgan fingerprint density at radius 2 is 2.05 bits per heavy atom. The Labute approximate surface area is 109 Å². The fourth-order valence-corrected chi connectivity index (χ4v) is 2.30. The summed E-state index contributed by atoms with van der Waals surface area (Å²) in [5, 5.41) is 0. The first-order valence-corrected chi connectivity index (χ1v) is 6.09. The average molecular weight is 272 g/mol. The number of carbonyl (C=O) groups excluding carboxylic acids is 1. The second-order valence-corrected chi connectivity index (χ2v) is 4.68. The van der Waals surface area contributed by atoms with Crippen LogP contribution in [0.2, 0.25) is 0 Å². The first-order chi connectivity index (χ1) is 8.93. The Balaban J connectivity index is 2.25. The predicted molar refractivity (Wildman–Crippen MR) is 64.5 cm³/mol. The minimum Gasteiger partial charge on any atom is -0.338 e. The van der Waals surface area contributed by atoms with Gasteiger partial charge in [-0.05, 0) is 31.0 Å². The van der Waals surface area contributed by atoms with E-state index in [1.54, 1.807) is 0 Å². The number of hydrogen-bond acceptors (Lipinski definition) is 2. The molecule has 1 aromatic carbocycles. The van der Waals surface area contributed by atoms with Crippen molar-refractivity contribution in [2.75, 3.05) is 19.6 Å². The van der Waals surface area contributed by atoms with Gasteiger partial charge in [-0.2, -0.15) is 13.2 Å². The maximum absolute atomic E-state index is 12.8. The van der Waals surface area contributed by atoms with Crippen molar-refractivity contribution in [1.82, 2.24) is 4.90 Å². The van der Waals surface area contributed by atoms with Gasteiger partial charge in [-0.1, -0.05) is 12.1 Å². The fourth-order valence-electron chi connectivity index (χ4n) is 2.30. The Bertz CT molecular complexity index is 473. The highest BCUT2D eigenvalue weighted by molar-refractivity contribution is 5.96. The Hall–Kier alpha value is -1.56. The molecule has 0 saturated carbocycles. The number of hydrogen-bond donors (Lipinski definition) is 1. The van der Waals surface area contributed by atoms with Gasteiger partial charge in [0.1, 0.15) is 0 Å². The minimum atomic E-state index is -4.51. The second-order valence-electron chi connectivity index (χ2n) is 4.68. The van der Waals surface area contributed by atoms with Crippen LogP contribution in [0, 0.1) is 5.92 Å². The average Bonchev–Trinajstić information content (AvgIpc) is 2.85. The van der Waals surface area contributed by atoms with Gasteiger partial charge in [0.05, 0.1) is 11.1 Å². The Kier molecular flexibility index (Phi) is 3.80. The van der Waals surface area contributed by atoms with Crippen LogP contribution in [0.4, 0.5) is 13.2 Å². The molecule has 1 atom stereocenters. The highest BCUT2D eigenvalue weighted by atomic mass is 19.4. The highest BCUT2D eigenvalue weighted by Gasteiger charge is 2.36. The lowest BCUT2D eigenvalue weighted by Gasteiger charge is -2.19. The van der Waals surface area contributed by atoms with E-state index in [0.29, 0.717) is 19.6 Å². The molecule has 0 spiro atoms.